The zero-order valence-corrected chi connectivity index (χ0v) is 8.59. The van der Waals surface area contributed by atoms with E-state index in [9.17, 15) is 19.2 Å². The highest BCUT2D eigenvalue weighted by Crippen LogP contribution is 1.98. The van der Waals surface area contributed by atoms with Crippen LogP contribution in [0.4, 0.5) is 0 Å². The van der Waals surface area contributed by atoms with E-state index in [1.165, 1.54) is 0 Å². The minimum atomic E-state index is -1.17. The van der Waals surface area contributed by atoms with E-state index in [1.54, 1.807) is 0 Å². The number of aromatic amines is 3. The minimum Gasteiger partial charge on any atom is -0.383 e. The van der Waals surface area contributed by atoms with Crippen LogP contribution in [0.3, 0.4) is 0 Å². The van der Waals surface area contributed by atoms with Gasteiger partial charge >= 0.3 is 17.6 Å². The van der Waals surface area contributed by atoms with Crippen LogP contribution in [0.2, 0.25) is 0 Å². The van der Waals surface area contributed by atoms with Gasteiger partial charge in [-0.15, -0.1) is 5.10 Å². The van der Waals surface area contributed by atoms with Gasteiger partial charge in [0.05, 0.1) is 6.20 Å². The predicted octanol–water partition coefficient (Wildman–Crippen LogP) is -1.82. The van der Waals surface area contributed by atoms with Crippen LogP contribution in [0, 0.1) is 0 Å². The van der Waals surface area contributed by atoms with Gasteiger partial charge in [-0.25, -0.2) is 14.4 Å². The van der Waals surface area contributed by atoms with Crippen LogP contribution in [-0.2, 0) is 4.74 Å². The number of ether oxygens (including phenoxy) is 1. The lowest BCUT2D eigenvalue weighted by Crippen LogP contribution is -2.26. The van der Waals surface area contributed by atoms with E-state index in [1.807, 2.05) is 9.97 Å². The Kier molecular flexibility index (Phi) is 2.83. The van der Waals surface area contributed by atoms with Gasteiger partial charge in [0, 0.05) is 6.07 Å². The van der Waals surface area contributed by atoms with Crippen LogP contribution in [0.5, 0.6) is 0 Å². The van der Waals surface area contributed by atoms with Gasteiger partial charge < -0.3 is 9.72 Å². The largest absolute Gasteiger partial charge is 0.383 e. The van der Waals surface area contributed by atoms with Crippen molar-refractivity contribution in [1.82, 2.24) is 25.4 Å². The van der Waals surface area contributed by atoms with Gasteiger partial charge in [-0.1, -0.05) is 0 Å². The van der Waals surface area contributed by atoms with Crippen molar-refractivity contribution in [3.05, 3.63) is 44.5 Å². The zero-order chi connectivity index (χ0) is 13.1. The summed E-state index contributed by atoms with van der Waals surface area (Å²) in [6, 6.07) is 0.791. The van der Waals surface area contributed by atoms with Gasteiger partial charge in [0.1, 0.15) is 5.69 Å². The fraction of sp³-hybridized carbons (Fsp3) is 0. The Balaban J connectivity index is 2.20. The third-order valence-electron chi connectivity index (χ3n) is 1.79. The Hall–Kier alpha value is -3.04. The van der Waals surface area contributed by atoms with Crippen molar-refractivity contribution in [3.63, 3.8) is 0 Å². The summed E-state index contributed by atoms with van der Waals surface area (Å²) in [4.78, 5) is 48.5. The summed E-state index contributed by atoms with van der Waals surface area (Å²) >= 11 is 0. The monoisotopic (exact) mass is 251 g/mol. The van der Waals surface area contributed by atoms with Crippen molar-refractivity contribution in [2.75, 3.05) is 0 Å². The molecule has 0 radical (unpaired) electrons. The molecule has 10 heteroatoms. The molecule has 0 spiro atoms. The smallest absolute Gasteiger partial charge is 0.368 e. The molecule has 18 heavy (non-hydrogen) atoms. The highest BCUT2D eigenvalue weighted by molar-refractivity contribution is 6.00. The molecule has 0 aromatic carbocycles. The molecule has 2 rings (SSSR count). The highest BCUT2D eigenvalue weighted by atomic mass is 16.6. The van der Waals surface area contributed by atoms with E-state index in [4.69, 9.17) is 0 Å². The third kappa shape index (κ3) is 2.37. The topological polar surface area (TPSA) is 151 Å². The fourth-order valence-corrected chi connectivity index (χ4v) is 1.07. The molecule has 0 aliphatic rings. The molecule has 92 valence electrons. The Labute approximate surface area is 97.0 Å². The van der Waals surface area contributed by atoms with Crippen LogP contribution >= 0.6 is 0 Å². The summed E-state index contributed by atoms with van der Waals surface area (Å²) in [5, 5.41) is 8.90. The number of H-pyrrole nitrogens is 3. The molecular formula is C8H5N5O5. The average molecular weight is 251 g/mol. The van der Waals surface area contributed by atoms with Gasteiger partial charge in [-0.2, -0.15) is 10.3 Å². The Morgan fingerprint density at radius 1 is 1.17 bits per heavy atom. The van der Waals surface area contributed by atoms with Gasteiger partial charge in [-0.3, -0.25) is 9.78 Å². The lowest BCUT2D eigenvalue weighted by molar-refractivity contribution is 0.0389. The molecule has 0 bridgehead atoms. The standard InChI is InChI=1S/C8H5N5O5/c14-5-1-3(10-8(17)11-5)6(15)18-7(16)4-2-9-13-12-4/h1-2H,(H,9,12,13)(H2,10,11,14,17). The van der Waals surface area contributed by atoms with Crippen LogP contribution in [0.1, 0.15) is 21.0 Å². The number of nitrogens with zero attached hydrogens (tertiary/aromatic N) is 2. The van der Waals surface area contributed by atoms with Crippen molar-refractivity contribution in [2.45, 2.75) is 0 Å². The molecular weight excluding hydrogens is 246 g/mol. The van der Waals surface area contributed by atoms with Crippen LogP contribution in [-0.4, -0.2) is 37.3 Å². The van der Waals surface area contributed by atoms with Crippen molar-refractivity contribution in [1.29, 1.82) is 0 Å². The SMILES string of the molecule is O=C(OC(=O)c1cc(=O)[nH]c(=O)[nH]1)c1cn[nH]n1. The van der Waals surface area contributed by atoms with E-state index in [-0.39, 0.29) is 5.69 Å². The molecule has 0 saturated heterocycles. The molecule has 0 amide bonds. The normalized spacial score (nSPS) is 10.0. The molecule has 0 saturated carbocycles. The van der Waals surface area contributed by atoms with Crippen molar-refractivity contribution >= 4 is 11.9 Å². The summed E-state index contributed by atoms with van der Waals surface area (Å²) in [5.41, 5.74) is -2.33. The Bertz CT molecular complexity index is 669. The van der Waals surface area contributed by atoms with Crippen molar-refractivity contribution < 1.29 is 14.3 Å². The number of rotatable bonds is 2. The second-order valence-corrected chi connectivity index (χ2v) is 3.03. The van der Waals surface area contributed by atoms with Gasteiger partial charge in [0.2, 0.25) is 0 Å². The van der Waals surface area contributed by atoms with Crippen LogP contribution in [0.15, 0.2) is 21.9 Å². The summed E-state index contributed by atoms with van der Waals surface area (Å²) < 4.78 is 4.37. The zero-order valence-electron chi connectivity index (χ0n) is 8.59. The summed E-state index contributed by atoms with van der Waals surface area (Å²) in [6.07, 6.45) is 1.05. The Morgan fingerprint density at radius 3 is 2.56 bits per heavy atom. The quantitative estimate of drug-likeness (QED) is 0.419. The molecule has 0 aliphatic carbocycles. The summed E-state index contributed by atoms with van der Waals surface area (Å²) in [6.45, 7) is 0. The van der Waals surface area contributed by atoms with E-state index in [0.717, 1.165) is 12.3 Å². The van der Waals surface area contributed by atoms with Gasteiger partial charge in [0.15, 0.2) is 5.69 Å². The number of esters is 2. The van der Waals surface area contributed by atoms with Crippen LogP contribution < -0.4 is 11.2 Å². The Morgan fingerprint density at radius 2 is 1.94 bits per heavy atom. The lowest BCUT2D eigenvalue weighted by atomic mass is 10.4. The molecule has 10 nitrogen and oxygen atoms in total. The van der Waals surface area contributed by atoms with E-state index in [0.29, 0.717) is 0 Å². The third-order valence-corrected chi connectivity index (χ3v) is 1.79. The fourth-order valence-electron chi connectivity index (χ4n) is 1.07. The number of carbonyl (C=O) groups is 2. The number of hydrogen-bond donors (Lipinski definition) is 3. The number of nitrogens with one attached hydrogen (secondary N) is 3. The van der Waals surface area contributed by atoms with E-state index >= 15 is 0 Å². The first-order valence-electron chi connectivity index (χ1n) is 4.52. The first-order chi connectivity index (χ1) is 8.56. The maximum atomic E-state index is 11.4. The first kappa shape index (κ1) is 11.4. The van der Waals surface area contributed by atoms with Gasteiger partial charge in [-0.05, 0) is 0 Å². The van der Waals surface area contributed by atoms with Crippen molar-refractivity contribution in [3.8, 4) is 0 Å². The number of hydrogen-bond acceptors (Lipinski definition) is 7. The minimum absolute atomic E-state index is 0.212. The lowest BCUT2D eigenvalue weighted by Gasteiger charge is -1.99. The number of carbonyl (C=O) groups excluding carboxylic acids is 2. The molecule has 0 fully saturated rings. The molecule has 0 aliphatic heterocycles. The highest BCUT2D eigenvalue weighted by Gasteiger charge is 2.18. The average Bonchev–Trinajstić information content (AvgIpc) is 2.80. The molecule has 0 atom stereocenters. The molecule has 2 heterocycles. The number of aromatic nitrogens is 5. The molecule has 2 aromatic rings. The second kappa shape index (κ2) is 4.45. The first-order valence-corrected chi connectivity index (χ1v) is 4.52. The van der Waals surface area contributed by atoms with Crippen molar-refractivity contribution in [2.24, 2.45) is 0 Å². The maximum absolute atomic E-state index is 11.4. The second-order valence-electron chi connectivity index (χ2n) is 3.03. The molecule has 0 unspecified atom stereocenters. The summed E-state index contributed by atoms with van der Waals surface area (Å²) in [5.74, 6) is -2.24. The maximum Gasteiger partial charge on any atom is 0.368 e. The van der Waals surface area contributed by atoms with Gasteiger partial charge in [0.25, 0.3) is 5.56 Å². The predicted molar refractivity (Wildman–Crippen MR) is 53.8 cm³/mol. The molecule has 3 N–H and O–H groups in total. The van der Waals surface area contributed by atoms with Crippen LogP contribution in [0.25, 0.3) is 0 Å². The summed E-state index contributed by atoms with van der Waals surface area (Å²) in [7, 11) is 0. The molecule has 2 aromatic heterocycles. The van der Waals surface area contributed by atoms with E-state index < -0.39 is 28.9 Å². The van der Waals surface area contributed by atoms with E-state index in [2.05, 4.69) is 20.1 Å².